The van der Waals surface area contributed by atoms with Crippen LogP contribution in [0.5, 0.6) is 0 Å². The zero-order valence-corrected chi connectivity index (χ0v) is 15.8. The summed E-state index contributed by atoms with van der Waals surface area (Å²) < 4.78 is 45.9. The number of carbonyl (C=O) groups excluding carboxylic acids is 1. The van der Waals surface area contributed by atoms with Crippen molar-refractivity contribution in [1.82, 2.24) is 9.62 Å². The summed E-state index contributed by atoms with van der Waals surface area (Å²) in [4.78, 5) is 12.2. The molecule has 0 saturated carbocycles. The number of ether oxygens (including phenoxy) is 1. The number of sulfonamides is 1. The standard InChI is InChI=1S/C20H19FN2O4S/c21-19-9-8-17(28(25,26)23-11-13-27-14-12-23)15-18(19)20(24)22-10-4-7-16-5-2-1-3-6-16/h1-3,5-6,8-9,15H,10-14H2,(H,22,24). The Hall–Kier alpha value is -2.73. The average Bonchev–Trinajstić information content (AvgIpc) is 2.72. The molecule has 146 valence electrons. The Kier molecular flexibility index (Phi) is 6.41. The minimum absolute atomic E-state index is 0.00755. The number of rotatable bonds is 4. The molecule has 0 atom stereocenters. The van der Waals surface area contributed by atoms with E-state index in [0.29, 0.717) is 13.2 Å². The van der Waals surface area contributed by atoms with Crippen LogP contribution in [0.3, 0.4) is 0 Å². The lowest BCUT2D eigenvalue weighted by Crippen LogP contribution is -2.40. The number of halogens is 1. The van der Waals surface area contributed by atoms with Gasteiger partial charge in [0.1, 0.15) is 5.82 Å². The van der Waals surface area contributed by atoms with E-state index >= 15 is 0 Å². The maximum Gasteiger partial charge on any atom is 0.255 e. The second-order valence-electron chi connectivity index (χ2n) is 6.01. The lowest BCUT2D eigenvalue weighted by Gasteiger charge is -2.26. The molecule has 0 bridgehead atoms. The number of amides is 1. The molecule has 1 aliphatic rings. The second-order valence-corrected chi connectivity index (χ2v) is 7.95. The molecule has 0 aromatic heterocycles. The van der Waals surface area contributed by atoms with Gasteiger partial charge in [-0.05, 0) is 30.3 Å². The molecule has 1 saturated heterocycles. The molecule has 1 N–H and O–H groups in total. The molecule has 0 aliphatic carbocycles. The van der Waals surface area contributed by atoms with E-state index in [1.54, 1.807) is 0 Å². The van der Waals surface area contributed by atoms with E-state index in [1.807, 2.05) is 30.3 Å². The quantitative estimate of drug-likeness (QED) is 0.789. The molecule has 1 fully saturated rings. The van der Waals surface area contributed by atoms with Crippen molar-refractivity contribution >= 4 is 15.9 Å². The summed E-state index contributed by atoms with van der Waals surface area (Å²) in [6, 6.07) is 12.4. The van der Waals surface area contributed by atoms with Gasteiger partial charge in [-0.3, -0.25) is 4.79 Å². The van der Waals surface area contributed by atoms with Crippen LogP contribution in [0.2, 0.25) is 0 Å². The Labute approximate surface area is 163 Å². The van der Waals surface area contributed by atoms with E-state index in [-0.39, 0.29) is 30.1 Å². The third-order valence-electron chi connectivity index (χ3n) is 4.13. The van der Waals surface area contributed by atoms with Crippen LogP contribution in [0.15, 0.2) is 53.4 Å². The van der Waals surface area contributed by atoms with Crippen molar-refractivity contribution in [3.05, 3.63) is 65.5 Å². The number of morpholine rings is 1. The minimum Gasteiger partial charge on any atom is -0.379 e. The Bertz CT molecular complexity index is 1010. The maximum atomic E-state index is 14.1. The second kappa shape index (κ2) is 8.97. The highest BCUT2D eigenvalue weighted by atomic mass is 32.2. The number of nitrogens with zero attached hydrogens (tertiary/aromatic N) is 1. The summed E-state index contributed by atoms with van der Waals surface area (Å²) in [7, 11) is -3.82. The van der Waals surface area contributed by atoms with Gasteiger partial charge in [-0.2, -0.15) is 4.31 Å². The summed E-state index contributed by atoms with van der Waals surface area (Å²) in [6.45, 7) is 1.04. The predicted molar refractivity (Wildman–Crippen MR) is 102 cm³/mol. The van der Waals surface area contributed by atoms with Gasteiger partial charge in [0.2, 0.25) is 10.0 Å². The molecule has 2 aromatic rings. The monoisotopic (exact) mass is 402 g/mol. The van der Waals surface area contributed by atoms with E-state index in [9.17, 15) is 17.6 Å². The van der Waals surface area contributed by atoms with Gasteiger partial charge in [0.25, 0.3) is 5.91 Å². The predicted octanol–water partition coefficient (Wildman–Crippen LogP) is 1.63. The largest absolute Gasteiger partial charge is 0.379 e. The number of hydrogen-bond donors (Lipinski definition) is 1. The highest BCUT2D eigenvalue weighted by Gasteiger charge is 2.27. The van der Waals surface area contributed by atoms with E-state index in [4.69, 9.17) is 4.74 Å². The Morgan fingerprint density at radius 2 is 1.86 bits per heavy atom. The molecule has 8 heteroatoms. The van der Waals surface area contributed by atoms with Crippen LogP contribution in [0.1, 0.15) is 15.9 Å². The van der Waals surface area contributed by atoms with Gasteiger partial charge in [0.05, 0.1) is 30.2 Å². The summed E-state index contributed by atoms with van der Waals surface area (Å²) in [6.07, 6.45) is 0. The zero-order chi connectivity index (χ0) is 20.0. The molecule has 6 nitrogen and oxygen atoms in total. The SMILES string of the molecule is O=C(NCC#Cc1ccccc1)c1cc(S(=O)(=O)N2CCOCC2)ccc1F. The maximum absolute atomic E-state index is 14.1. The normalized spacial score (nSPS) is 14.8. The van der Waals surface area contributed by atoms with Crippen LogP contribution in [0, 0.1) is 17.7 Å². The van der Waals surface area contributed by atoms with Gasteiger partial charge in [-0.1, -0.05) is 30.0 Å². The van der Waals surface area contributed by atoms with Crippen molar-refractivity contribution in [2.75, 3.05) is 32.8 Å². The first-order valence-electron chi connectivity index (χ1n) is 8.68. The molecule has 2 aromatic carbocycles. The van der Waals surface area contributed by atoms with Crippen LogP contribution in [0.4, 0.5) is 4.39 Å². The van der Waals surface area contributed by atoms with E-state index in [0.717, 1.165) is 23.8 Å². The van der Waals surface area contributed by atoms with Crippen LogP contribution in [0.25, 0.3) is 0 Å². The molecule has 0 radical (unpaired) electrons. The van der Waals surface area contributed by atoms with Gasteiger partial charge in [-0.25, -0.2) is 12.8 Å². The first-order chi connectivity index (χ1) is 13.5. The van der Waals surface area contributed by atoms with Crippen molar-refractivity contribution < 1.29 is 22.3 Å². The Balaban J connectivity index is 1.72. The molecular weight excluding hydrogens is 383 g/mol. The van der Waals surface area contributed by atoms with Crippen LogP contribution in [-0.4, -0.2) is 51.5 Å². The van der Waals surface area contributed by atoms with Crippen molar-refractivity contribution in [2.45, 2.75) is 4.90 Å². The average molecular weight is 402 g/mol. The summed E-state index contributed by atoms with van der Waals surface area (Å²) >= 11 is 0. The van der Waals surface area contributed by atoms with Gasteiger partial charge >= 0.3 is 0 Å². The lowest BCUT2D eigenvalue weighted by molar-refractivity contribution is 0.0730. The topological polar surface area (TPSA) is 75.7 Å². The minimum atomic E-state index is -3.82. The number of nitrogens with one attached hydrogen (secondary N) is 1. The number of hydrogen-bond acceptors (Lipinski definition) is 4. The van der Waals surface area contributed by atoms with E-state index in [1.165, 1.54) is 4.31 Å². The smallest absolute Gasteiger partial charge is 0.255 e. The molecule has 0 spiro atoms. The van der Waals surface area contributed by atoms with E-state index in [2.05, 4.69) is 17.2 Å². The Morgan fingerprint density at radius 1 is 1.14 bits per heavy atom. The zero-order valence-electron chi connectivity index (χ0n) is 15.0. The van der Waals surface area contributed by atoms with Crippen LogP contribution < -0.4 is 5.32 Å². The molecule has 1 amide bonds. The van der Waals surface area contributed by atoms with Gasteiger partial charge < -0.3 is 10.1 Å². The summed E-state index contributed by atoms with van der Waals surface area (Å²) in [5.41, 5.74) is 0.456. The van der Waals surface area contributed by atoms with Gasteiger partial charge in [0.15, 0.2) is 0 Å². The fraction of sp³-hybridized carbons (Fsp3) is 0.250. The first-order valence-corrected chi connectivity index (χ1v) is 10.1. The molecule has 3 rings (SSSR count). The highest BCUT2D eigenvalue weighted by Crippen LogP contribution is 2.20. The third-order valence-corrected chi connectivity index (χ3v) is 6.03. The van der Waals surface area contributed by atoms with Gasteiger partial charge in [-0.15, -0.1) is 0 Å². The molecule has 28 heavy (non-hydrogen) atoms. The van der Waals surface area contributed by atoms with Crippen LogP contribution >= 0.6 is 0 Å². The molecular formula is C20H19FN2O4S. The van der Waals surface area contributed by atoms with Crippen LogP contribution in [-0.2, 0) is 14.8 Å². The Morgan fingerprint density at radius 3 is 2.57 bits per heavy atom. The lowest BCUT2D eigenvalue weighted by atomic mass is 10.2. The number of benzene rings is 2. The molecule has 1 aliphatic heterocycles. The fourth-order valence-electron chi connectivity index (χ4n) is 2.66. The summed E-state index contributed by atoms with van der Waals surface area (Å²) in [5.74, 6) is 4.13. The molecule has 0 unspecified atom stereocenters. The molecule has 1 heterocycles. The van der Waals surface area contributed by atoms with Crippen molar-refractivity contribution in [3.63, 3.8) is 0 Å². The first kappa shape index (κ1) is 20.0. The fourth-order valence-corrected chi connectivity index (χ4v) is 4.10. The summed E-state index contributed by atoms with van der Waals surface area (Å²) in [5, 5.41) is 2.49. The number of carbonyl (C=O) groups is 1. The van der Waals surface area contributed by atoms with Gasteiger partial charge in [0, 0.05) is 18.7 Å². The third kappa shape index (κ3) is 4.75. The van der Waals surface area contributed by atoms with E-state index < -0.39 is 21.7 Å². The highest BCUT2D eigenvalue weighted by molar-refractivity contribution is 7.89. The van der Waals surface area contributed by atoms with Crippen molar-refractivity contribution in [2.24, 2.45) is 0 Å². The van der Waals surface area contributed by atoms with Crippen molar-refractivity contribution in [3.8, 4) is 11.8 Å². The van der Waals surface area contributed by atoms with Crippen molar-refractivity contribution in [1.29, 1.82) is 0 Å².